The summed E-state index contributed by atoms with van der Waals surface area (Å²) >= 11 is 0. The number of piperidine rings is 1. The average molecular weight is 325 g/mol. The average Bonchev–Trinajstić information content (AvgIpc) is 2.55. The molecule has 3 heteroatoms. The van der Waals surface area contributed by atoms with Crippen LogP contribution in [-0.2, 0) is 9.59 Å². The van der Waals surface area contributed by atoms with Gasteiger partial charge in [0.25, 0.3) is 0 Å². The molecule has 1 heterocycles. The number of hydrogen-bond donors (Lipinski definition) is 0. The number of rotatable bonds is 0. The van der Waals surface area contributed by atoms with E-state index in [0.29, 0.717) is 48.2 Å². The van der Waals surface area contributed by atoms with Crippen molar-refractivity contribution in [2.24, 2.45) is 39.9 Å². The van der Waals surface area contributed by atoms with Crippen molar-refractivity contribution in [3.8, 4) is 0 Å². The number of fused-ring (bicyclic) bond motifs is 1. The number of carbonyl (C=O) groups excluding carboxylic acids is 2. The van der Waals surface area contributed by atoms with Crippen LogP contribution in [0.25, 0.3) is 0 Å². The smallest absolute Gasteiger partial charge is 0.137 e. The molecule has 2 unspecified atom stereocenters. The highest BCUT2D eigenvalue weighted by atomic mass is 16.1. The van der Waals surface area contributed by atoms with Gasteiger partial charge in [-0.2, -0.15) is 0 Å². The van der Waals surface area contributed by atoms with Crippen molar-refractivity contribution < 1.29 is 9.59 Å². The molecule has 0 aromatic rings. The van der Waals surface area contributed by atoms with Crippen LogP contribution in [0.5, 0.6) is 0 Å². The molecule has 8 atom stereocenters. The van der Waals surface area contributed by atoms with E-state index in [1.54, 1.807) is 0 Å². The molecule has 6 saturated carbocycles. The summed E-state index contributed by atoms with van der Waals surface area (Å²) in [6.45, 7) is 7.54. The minimum Gasteiger partial charge on any atom is -0.302 e. The van der Waals surface area contributed by atoms with Gasteiger partial charge in [0.2, 0.25) is 0 Å². The normalized spacial score (nSPS) is 60.8. The maximum Gasteiger partial charge on any atom is 0.137 e. The number of likely N-dealkylation sites (tertiary alicyclic amines) is 1. The van der Waals surface area contributed by atoms with Crippen LogP contribution in [0.2, 0.25) is 0 Å². The monoisotopic (exact) mass is 325 g/mol. The lowest BCUT2D eigenvalue weighted by molar-refractivity contribution is -0.186. The van der Waals surface area contributed by atoms with Crippen molar-refractivity contribution in [1.82, 2.24) is 4.90 Å². The number of carbonyl (C=O) groups is 2. The van der Waals surface area contributed by atoms with E-state index in [1.165, 1.54) is 18.4 Å². The minimum absolute atomic E-state index is 0.0491. The highest BCUT2D eigenvalue weighted by Crippen LogP contribution is 2.81. The molecule has 0 amide bonds. The summed E-state index contributed by atoms with van der Waals surface area (Å²) in [5.74, 6) is 2.90. The van der Waals surface area contributed by atoms with Gasteiger partial charge in [0.05, 0.1) is 0 Å². The van der Waals surface area contributed by atoms with Gasteiger partial charge in [0, 0.05) is 43.2 Å². The number of ketones is 2. The molecule has 1 aliphatic heterocycles. The predicted octanol–water partition coefficient (Wildman–Crippen LogP) is 2.85. The number of Topliss-reactive ketones (excluding diaryl/α,β-unsaturated/α-hetero) is 2. The molecule has 0 N–H and O–H groups in total. The maximum absolute atomic E-state index is 13.5. The lowest BCUT2D eigenvalue weighted by Crippen LogP contribution is -2.69. The van der Waals surface area contributed by atoms with Crippen LogP contribution in [0.15, 0.2) is 12.2 Å². The van der Waals surface area contributed by atoms with E-state index in [2.05, 4.69) is 25.5 Å². The van der Waals surface area contributed by atoms with E-state index in [-0.39, 0.29) is 22.2 Å². The first-order chi connectivity index (χ1) is 11.3. The third-order valence-corrected chi connectivity index (χ3v) is 9.45. The summed E-state index contributed by atoms with van der Waals surface area (Å²) in [5, 5.41) is 0. The van der Waals surface area contributed by atoms with Crippen molar-refractivity contribution >= 4 is 11.6 Å². The molecular weight excluding hydrogens is 298 g/mol. The molecular formula is C21H27NO2. The van der Waals surface area contributed by atoms with E-state index in [1.807, 2.05) is 0 Å². The first kappa shape index (κ1) is 14.2. The fourth-order valence-electron chi connectivity index (χ4n) is 9.62. The van der Waals surface area contributed by atoms with Gasteiger partial charge >= 0.3 is 0 Å². The third kappa shape index (κ3) is 1.20. The van der Waals surface area contributed by atoms with Crippen molar-refractivity contribution in [1.29, 1.82) is 0 Å². The van der Waals surface area contributed by atoms with Gasteiger partial charge in [-0.25, -0.2) is 0 Å². The molecule has 7 fully saturated rings. The number of allylic oxidation sites excluding steroid dienone is 1. The predicted molar refractivity (Wildman–Crippen MR) is 90.2 cm³/mol. The summed E-state index contributed by atoms with van der Waals surface area (Å²) in [5.41, 5.74) is 1.36. The lowest BCUT2D eigenvalue weighted by Gasteiger charge is -2.65. The molecule has 7 rings (SSSR count). The van der Waals surface area contributed by atoms with E-state index < -0.39 is 0 Å². The van der Waals surface area contributed by atoms with Gasteiger partial charge in [0.1, 0.15) is 11.6 Å². The molecule has 2 spiro atoms. The van der Waals surface area contributed by atoms with Crippen LogP contribution >= 0.6 is 0 Å². The zero-order valence-electron chi connectivity index (χ0n) is 14.8. The van der Waals surface area contributed by atoms with Crippen LogP contribution in [0, 0.1) is 39.9 Å². The largest absolute Gasteiger partial charge is 0.302 e. The Morgan fingerprint density at radius 2 is 1.92 bits per heavy atom. The Balaban J connectivity index is 1.66. The second kappa shape index (κ2) is 3.75. The molecule has 24 heavy (non-hydrogen) atoms. The topological polar surface area (TPSA) is 37.4 Å². The molecule has 0 radical (unpaired) electrons. The van der Waals surface area contributed by atoms with Gasteiger partial charge in [-0.15, -0.1) is 0 Å². The Kier molecular flexibility index (Phi) is 2.22. The van der Waals surface area contributed by atoms with Gasteiger partial charge < -0.3 is 4.90 Å². The van der Waals surface area contributed by atoms with E-state index in [9.17, 15) is 9.59 Å². The van der Waals surface area contributed by atoms with E-state index >= 15 is 0 Å². The fraction of sp³-hybridized carbons (Fsp3) is 0.810. The van der Waals surface area contributed by atoms with Crippen molar-refractivity contribution in [2.75, 3.05) is 13.6 Å². The highest BCUT2D eigenvalue weighted by molar-refractivity contribution is 5.92. The van der Waals surface area contributed by atoms with E-state index in [4.69, 9.17) is 0 Å². The standard InChI is InChI=1S/C21H27NO2/c1-11-6-20-9-15(24)17-19(2)7-13(23)8-21(17)16(20)5-12(11)4-14(20)18(21)22(3)10-19/h12,14,16-18H,1,4-10H2,2-3H3/t12-,14?,16+,17+,18?,19-,20-,21+/m0/s1. The summed E-state index contributed by atoms with van der Waals surface area (Å²) in [6.07, 6.45) is 5.54. The molecule has 6 aliphatic carbocycles. The summed E-state index contributed by atoms with van der Waals surface area (Å²) in [4.78, 5) is 28.9. The Morgan fingerprint density at radius 3 is 2.71 bits per heavy atom. The van der Waals surface area contributed by atoms with Crippen LogP contribution in [0.3, 0.4) is 0 Å². The Hall–Kier alpha value is -0.960. The molecule has 1 saturated heterocycles. The first-order valence-electron chi connectivity index (χ1n) is 9.74. The molecule has 3 nitrogen and oxygen atoms in total. The Morgan fingerprint density at radius 1 is 1.12 bits per heavy atom. The zero-order chi connectivity index (χ0) is 16.6. The van der Waals surface area contributed by atoms with Crippen LogP contribution in [0.4, 0.5) is 0 Å². The highest BCUT2D eigenvalue weighted by Gasteiger charge is 2.81. The quantitative estimate of drug-likeness (QED) is 0.643. The summed E-state index contributed by atoms with van der Waals surface area (Å²) < 4.78 is 0. The molecule has 0 aromatic carbocycles. The fourth-order valence-corrected chi connectivity index (χ4v) is 9.62. The van der Waals surface area contributed by atoms with E-state index in [0.717, 1.165) is 19.4 Å². The van der Waals surface area contributed by atoms with Gasteiger partial charge in [-0.05, 0) is 54.9 Å². The lowest BCUT2D eigenvalue weighted by atomic mass is 9.39. The zero-order valence-corrected chi connectivity index (χ0v) is 14.8. The summed E-state index contributed by atoms with van der Waals surface area (Å²) in [7, 11) is 2.27. The number of nitrogens with zero attached hydrogens (tertiary/aromatic N) is 1. The minimum atomic E-state index is -0.132. The van der Waals surface area contributed by atoms with Crippen molar-refractivity contribution in [2.45, 2.75) is 51.5 Å². The van der Waals surface area contributed by atoms with Crippen LogP contribution < -0.4 is 0 Å². The van der Waals surface area contributed by atoms with Gasteiger partial charge in [0.15, 0.2) is 0 Å². The molecule has 128 valence electrons. The third-order valence-electron chi connectivity index (χ3n) is 9.45. The maximum atomic E-state index is 13.5. The van der Waals surface area contributed by atoms with Gasteiger partial charge in [-0.3, -0.25) is 9.59 Å². The van der Waals surface area contributed by atoms with Crippen LogP contribution in [-0.4, -0.2) is 36.1 Å². The molecule has 6 bridgehead atoms. The summed E-state index contributed by atoms with van der Waals surface area (Å²) in [6, 6.07) is 0.453. The molecule has 7 aliphatic rings. The van der Waals surface area contributed by atoms with Gasteiger partial charge in [-0.1, -0.05) is 19.1 Å². The Bertz CT molecular complexity index is 727. The van der Waals surface area contributed by atoms with Crippen LogP contribution in [0.1, 0.15) is 45.4 Å². The van der Waals surface area contributed by atoms with Crippen molar-refractivity contribution in [3.05, 3.63) is 12.2 Å². The first-order valence-corrected chi connectivity index (χ1v) is 9.74. The Labute approximate surface area is 143 Å². The second-order valence-electron chi connectivity index (χ2n) is 10.5. The number of hydrogen-bond acceptors (Lipinski definition) is 3. The SMILES string of the molecule is C=C1C[C@]23CC(=O)[C@@H]4[C@@]5(C)CC(=O)C[C@]46C(C2C[C@H]1C[C@H]36)N(C)C5. The van der Waals surface area contributed by atoms with Crippen molar-refractivity contribution in [3.63, 3.8) is 0 Å². The second-order valence-corrected chi connectivity index (χ2v) is 10.5. The molecule has 0 aromatic heterocycles.